The highest BCUT2D eigenvalue weighted by molar-refractivity contribution is 6.21. The van der Waals surface area contributed by atoms with Gasteiger partial charge in [-0.2, -0.15) is 13.2 Å². The van der Waals surface area contributed by atoms with Gasteiger partial charge in [0.05, 0.1) is 5.92 Å². The summed E-state index contributed by atoms with van der Waals surface area (Å²) >= 11 is 0. The molecule has 0 saturated heterocycles. The van der Waals surface area contributed by atoms with Gasteiger partial charge in [-0.05, 0) is 49.8 Å². The molecular formula is C26H23F3N6O4. The summed E-state index contributed by atoms with van der Waals surface area (Å²) < 4.78 is 41.6. The SMILES string of the molecule is O=C(O)CCCC1C(=O)C(Cc2cncnc2)C(=O)/C1=C/n1cnc(-c2cc(C3CC3)nc(C(F)(F)F)c2)n1. The number of hydrogen-bond donors (Lipinski definition) is 1. The third-order valence-electron chi connectivity index (χ3n) is 6.77. The summed E-state index contributed by atoms with van der Waals surface area (Å²) in [5.41, 5.74) is 0.192. The number of nitrogens with zero attached hydrogens (tertiary/aromatic N) is 6. The average molecular weight is 541 g/mol. The number of ketones is 2. The molecule has 2 saturated carbocycles. The van der Waals surface area contributed by atoms with Crippen molar-refractivity contribution >= 4 is 23.7 Å². The summed E-state index contributed by atoms with van der Waals surface area (Å²) in [4.78, 5) is 53.3. The Labute approximate surface area is 220 Å². The van der Waals surface area contributed by atoms with Gasteiger partial charge in [-0.3, -0.25) is 14.4 Å². The highest BCUT2D eigenvalue weighted by Crippen LogP contribution is 2.42. The van der Waals surface area contributed by atoms with E-state index in [2.05, 4.69) is 25.0 Å². The van der Waals surface area contributed by atoms with Crippen LogP contribution in [0.1, 0.15) is 55.0 Å². The lowest BCUT2D eigenvalue weighted by molar-refractivity contribution is -0.141. The second-order valence-electron chi connectivity index (χ2n) is 9.68. The van der Waals surface area contributed by atoms with Crippen LogP contribution in [0.4, 0.5) is 13.2 Å². The summed E-state index contributed by atoms with van der Waals surface area (Å²) in [7, 11) is 0. The van der Waals surface area contributed by atoms with E-state index >= 15 is 0 Å². The number of Topliss-reactive ketones (excluding diaryl/α,β-unsaturated/α-hetero) is 2. The van der Waals surface area contributed by atoms with E-state index in [4.69, 9.17) is 5.11 Å². The predicted molar refractivity (Wildman–Crippen MR) is 129 cm³/mol. The summed E-state index contributed by atoms with van der Waals surface area (Å²) in [6, 6.07) is 2.42. The summed E-state index contributed by atoms with van der Waals surface area (Å²) in [6.07, 6.45) is 4.09. The highest BCUT2D eigenvalue weighted by Gasteiger charge is 2.45. The van der Waals surface area contributed by atoms with Crippen molar-refractivity contribution < 1.29 is 32.7 Å². The maximum Gasteiger partial charge on any atom is 0.433 e. The van der Waals surface area contributed by atoms with Crippen molar-refractivity contribution in [2.45, 2.75) is 50.6 Å². The Morgan fingerprint density at radius 2 is 1.87 bits per heavy atom. The monoisotopic (exact) mass is 540 g/mol. The molecule has 3 aromatic heterocycles. The van der Waals surface area contributed by atoms with Crippen molar-refractivity contribution in [3.05, 3.63) is 59.7 Å². The normalized spacial score (nSPS) is 20.6. The quantitative estimate of drug-likeness (QED) is 0.317. The molecule has 10 nitrogen and oxygen atoms in total. The Morgan fingerprint density at radius 1 is 1.13 bits per heavy atom. The lowest BCUT2D eigenvalue weighted by Crippen LogP contribution is -2.20. The molecule has 2 aliphatic rings. The van der Waals surface area contributed by atoms with Gasteiger partial charge in [-0.1, -0.05) is 0 Å². The molecule has 2 aliphatic carbocycles. The van der Waals surface area contributed by atoms with Crippen LogP contribution in [0.5, 0.6) is 0 Å². The highest BCUT2D eigenvalue weighted by atomic mass is 19.4. The number of pyridine rings is 1. The van der Waals surface area contributed by atoms with Crippen molar-refractivity contribution in [2.75, 3.05) is 0 Å². The van der Waals surface area contributed by atoms with Crippen LogP contribution in [0.15, 0.2) is 42.8 Å². The van der Waals surface area contributed by atoms with Crippen LogP contribution in [0.3, 0.4) is 0 Å². The Hall–Kier alpha value is -4.29. The van der Waals surface area contributed by atoms with Crippen molar-refractivity contribution in [3.8, 4) is 11.4 Å². The number of aliphatic carboxylic acids is 1. The standard InChI is InChI=1S/C26H23F3N6O4/c27-26(28,29)21-8-16(7-20(33-21)15-4-5-15)25-32-13-35(34-25)11-19-17(2-1-3-22(36)37)23(38)18(24(19)39)6-14-9-30-12-31-10-14/h7-13,15,17-18H,1-6H2,(H,36,37)/b19-11+. The van der Waals surface area contributed by atoms with Gasteiger partial charge in [0.25, 0.3) is 0 Å². The molecule has 2 fully saturated rings. The van der Waals surface area contributed by atoms with Crippen molar-refractivity contribution in [2.24, 2.45) is 11.8 Å². The minimum Gasteiger partial charge on any atom is -0.481 e. The Kier molecular flexibility index (Phi) is 7.06. The van der Waals surface area contributed by atoms with Crippen molar-refractivity contribution in [3.63, 3.8) is 0 Å². The van der Waals surface area contributed by atoms with Crippen LogP contribution in [0, 0.1) is 11.8 Å². The molecule has 3 heterocycles. The molecule has 0 spiro atoms. The van der Waals surface area contributed by atoms with Crippen LogP contribution in [-0.2, 0) is 27.0 Å². The van der Waals surface area contributed by atoms with Crippen LogP contribution >= 0.6 is 0 Å². The predicted octanol–water partition coefficient (Wildman–Crippen LogP) is 3.75. The summed E-state index contributed by atoms with van der Waals surface area (Å²) in [5, 5.41) is 13.3. The van der Waals surface area contributed by atoms with Gasteiger partial charge in [0.15, 0.2) is 17.4 Å². The number of alkyl halides is 3. The van der Waals surface area contributed by atoms with Gasteiger partial charge in [0, 0.05) is 53.7 Å². The van der Waals surface area contributed by atoms with E-state index in [9.17, 15) is 27.6 Å². The van der Waals surface area contributed by atoms with Gasteiger partial charge in [-0.25, -0.2) is 24.6 Å². The molecular weight excluding hydrogens is 517 g/mol. The van der Waals surface area contributed by atoms with E-state index in [1.165, 1.54) is 42.0 Å². The fourth-order valence-corrected chi connectivity index (χ4v) is 4.70. The van der Waals surface area contributed by atoms with Gasteiger partial charge >= 0.3 is 12.1 Å². The third kappa shape index (κ3) is 5.91. The van der Waals surface area contributed by atoms with Crippen LogP contribution in [-0.4, -0.2) is 52.4 Å². The molecule has 3 aromatic rings. The molecule has 0 bridgehead atoms. The second-order valence-corrected chi connectivity index (χ2v) is 9.68. The topological polar surface area (TPSA) is 141 Å². The van der Waals surface area contributed by atoms with E-state index in [1.807, 2.05) is 0 Å². The first kappa shape index (κ1) is 26.3. The molecule has 1 N–H and O–H groups in total. The minimum atomic E-state index is -4.64. The molecule has 13 heteroatoms. The van der Waals surface area contributed by atoms with Crippen molar-refractivity contribution in [1.82, 2.24) is 29.7 Å². The molecule has 202 valence electrons. The first-order valence-electron chi connectivity index (χ1n) is 12.4. The van der Waals surface area contributed by atoms with E-state index in [1.54, 1.807) is 0 Å². The van der Waals surface area contributed by atoms with Gasteiger partial charge < -0.3 is 5.11 Å². The molecule has 0 radical (unpaired) electrons. The maximum absolute atomic E-state index is 13.5. The molecule has 2 unspecified atom stereocenters. The molecule has 5 rings (SSSR count). The van der Waals surface area contributed by atoms with E-state index in [-0.39, 0.29) is 54.3 Å². The number of carbonyl (C=O) groups excluding carboxylic acids is 2. The second kappa shape index (κ2) is 10.5. The van der Waals surface area contributed by atoms with Gasteiger partial charge in [0.2, 0.25) is 0 Å². The molecule has 39 heavy (non-hydrogen) atoms. The molecule has 0 amide bonds. The third-order valence-corrected chi connectivity index (χ3v) is 6.77. The average Bonchev–Trinajstić information content (AvgIpc) is 3.61. The zero-order valence-electron chi connectivity index (χ0n) is 20.5. The fraction of sp³-hybridized carbons (Fsp3) is 0.385. The summed E-state index contributed by atoms with van der Waals surface area (Å²) in [6.45, 7) is 0. The van der Waals surface area contributed by atoms with E-state index in [0.29, 0.717) is 11.3 Å². The maximum atomic E-state index is 13.5. The van der Waals surface area contributed by atoms with Crippen LogP contribution < -0.4 is 0 Å². The Balaban J connectivity index is 1.45. The number of rotatable bonds is 9. The lowest BCUT2D eigenvalue weighted by Gasteiger charge is -2.10. The zero-order valence-corrected chi connectivity index (χ0v) is 20.5. The van der Waals surface area contributed by atoms with Gasteiger partial charge in [0.1, 0.15) is 18.3 Å². The van der Waals surface area contributed by atoms with E-state index < -0.39 is 35.5 Å². The zero-order chi connectivity index (χ0) is 27.7. The van der Waals surface area contributed by atoms with Crippen LogP contribution in [0.2, 0.25) is 0 Å². The summed E-state index contributed by atoms with van der Waals surface area (Å²) in [5.74, 6) is -3.64. The number of allylic oxidation sites excluding steroid dienone is 1. The van der Waals surface area contributed by atoms with Crippen LogP contribution in [0.25, 0.3) is 17.6 Å². The number of aromatic nitrogens is 6. The largest absolute Gasteiger partial charge is 0.481 e. The smallest absolute Gasteiger partial charge is 0.433 e. The molecule has 0 aliphatic heterocycles. The fourth-order valence-electron chi connectivity index (χ4n) is 4.70. The number of carbonyl (C=O) groups is 3. The first-order valence-corrected chi connectivity index (χ1v) is 12.4. The molecule has 0 aromatic carbocycles. The Morgan fingerprint density at radius 3 is 2.54 bits per heavy atom. The minimum absolute atomic E-state index is 0.0128. The molecule has 2 atom stereocenters. The first-order chi connectivity index (χ1) is 18.6. The number of carboxylic acids is 1. The number of hydrogen-bond acceptors (Lipinski definition) is 8. The lowest BCUT2D eigenvalue weighted by atomic mass is 9.93. The van der Waals surface area contributed by atoms with Gasteiger partial charge in [-0.15, -0.1) is 5.10 Å². The van der Waals surface area contributed by atoms with E-state index in [0.717, 1.165) is 18.9 Å². The number of halogens is 3. The van der Waals surface area contributed by atoms with Crippen molar-refractivity contribution in [1.29, 1.82) is 0 Å². The number of carboxylic acid groups (broad SMARTS) is 1. The Bertz CT molecular complexity index is 1450.